The molecule has 0 aromatic carbocycles. The number of aromatic nitrogens is 5. The highest BCUT2D eigenvalue weighted by atomic mass is 16.4. The van der Waals surface area contributed by atoms with Crippen LogP contribution < -0.4 is 0 Å². The van der Waals surface area contributed by atoms with Gasteiger partial charge in [-0.15, -0.1) is 0 Å². The average Bonchev–Trinajstić information content (AvgIpc) is 2.92. The van der Waals surface area contributed by atoms with E-state index < -0.39 is 5.97 Å². The number of imidazole rings is 1. The predicted octanol–water partition coefficient (Wildman–Crippen LogP) is 1.03. The lowest BCUT2D eigenvalue weighted by atomic mass is 9.91. The van der Waals surface area contributed by atoms with Gasteiger partial charge in [0.1, 0.15) is 0 Å². The number of carbonyl (C=O) groups is 1. The highest BCUT2D eigenvalue weighted by Crippen LogP contribution is 2.37. The first-order chi connectivity index (χ1) is 11.2. The van der Waals surface area contributed by atoms with Crippen molar-refractivity contribution >= 4 is 5.97 Å². The molecule has 2 aromatic heterocycles. The number of carboxylic acid groups (broad SMARTS) is 1. The van der Waals surface area contributed by atoms with E-state index in [1.165, 1.54) is 18.5 Å². The van der Waals surface area contributed by atoms with Gasteiger partial charge in [-0.1, -0.05) is 0 Å². The standard InChI is InChI=1S/C15H20N6O2/c22-15(23)3-10-6-20(8-13(10)14-5-17-19-18-14)7-12-4-16-9-21(12)11-1-2-11/h4-5,9-11,13H,1-3,6-8H2,(H,22,23)(H,17,18,19)/t10-,13+/m1/s1. The second kappa shape index (κ2) is 5.77. The van der Waals surface area contributed by atoms with Crippen molar-refractivity contribution in [3.63, 3.8) is 0 Å². The van der Waals surface area contributed by atoms with Gasteiger partial charge in [0, 0.05) is 37.8 Å². The summed E-state index contributed by atoms with van der Waals surface area (Å²) < 4.78 is 2.26. The summed E-state index contributed by atoms with van der Waals surface area (Å²) >= 11 is 0. The zero-order valence-electron chi connectivity index (χ0n) is 12.8. The van der Waals surface area contributed by atoms with Crippen LogP contribution in [0.1, 0.15) is 42.6 Å². The molecule has 0 bridgehead atoms. The molecular weight excluding hydrogens is 296 g/mol. The van der Waals surface area contributed by atoms with E-state index in [4.69, 9.17) is 0 Å². The Morgan fingerprint density at radius 1 is 1.35 bits per heavy atom. The smallest absolute Gasteiger partial charge is 0.303 e. The van der Waals surface area contributed by atoms with E-state index in [-0.39, 0.29) is 18.3 Å². The maximum Gasteiger partial charge on any atom is 0.303 e. The molecule has 23 heavy (non-hydrogen) atoms. The van der Waals surface area contributed by atoms with Crippen LogP contribution in [0.3, 0.4) is 0 Å². The molecule has 122 valence electrons. The fourth-order valence-corrected chi connectivity index (χ4v) is 3.61. The minimum atomic E-state index is -0.756. The number of nitrogens with one attached hydrogen (secondary N) is 1. The Morgan fingerprint density at radius 2 is 2.22 bits per heavy atom. The normalized spacial score (nSPS) is 25.0. The molecule has 1 aliphatic carbocycles. The highest BCUT2D eigenvalue weighted by molar-refractivity contribution is 5.67. The first-order valence-electron chi connectivity index (χ1n) is 8.01. The maximum atomic E-state index is 11.2. The molecule has 0 spiro atoms. The molecule has 0 amide bonds. The van der Waals surface area contributed by atoms with Gasteiger partial charge in [0.2, 0.25) is 0 Å². The third-order valence-electron chi connectivity index (χ3n) is 4.84. The molecule has 2 aromatic rings. The van der Waals surface area contributed by atoms with E-state index in [0.29, 0.717) is 6.04 Å². The second-order valence-electron chi connectivity index (χ2n) is 6.58. The molecule has 8 nitrogen and oxygen atoms in total. The van der Waals surface area contributed by atoms with Crippen LogP contribution in [0.5, 0.6) is 0 Å². The van der Waals surface area contributed by atoms with Crippen molar-refractivity contribution in [2.75, 3.05) is 13.1 Å². The number of carboxylic acids is 1. The lowest BCUT2D eigenvalue weighted by molar-refractivity contribution is -0.138. The number of hydrogen-bond donors (Lipinski definition) is 2. The van der Waals surface area contributed by atoms with Crippen LogP contribution in [0, 0.1) is 5.92 Å². The number of nitrogens with zero attached hydrogens (tertiary/aromatic N) is 5. The van der Waals surface area contributed by atoms with Crippen molar-refractivity contribution in [1.82, 2.24) is 29.9 Å². The predicted molar refractivity (Wildman–Crippen MR) is 80.6 cm³/mol. The Morgan fingerprint density at radius 3 is 2.91 bits per heavy atom. The summed E-state index contributed by atoms with van der Waals surface area (Å²) in [4.78, 5) is 17.8. The van der Waals surface area contributed by atoms with Crippen molar-refractivity contribution in [2.24, 2.45) is 5.92 Å². The third-order valence-corrected chi connectivity index (χ3v) is 4.84. The van der Waals surface area contributed by atoms with E-state index in [9.17, 15) is 9.90 Å². The molecule has 2 aliphatic rings. The number of H-pyrrole nitrogens is 1. The van der Waals surface area contributed by atoms with Gasteiger partial charge < -0.3 is 9.67 Å². The zero-order chi connectivity index (χ0) is 15.8. The number of aliphatic carboxylic acids is 1. The Labute approximate surface area is 133 Å². The van der Waals surface area contributed by atoms with Gasteiger partial charge in [0.25, 0.3) is 0 Å². The number of rotatable bonds is 6. The molecule has 1 saturated heterocycles. The van der Waals surface area contributed by atoms with Crippen LogP contribution in [-0.4, -0.2) is 54.0 Å². The molecule has 1 saturated carbocycles. The van der Waals surface area contributed by atoms with Gasteiger partial charge in [-0.05, 0) is 18.8 Å². The number of hydrogen-bond acceptors (Lipinski definition) is 5. The topological polar surface area (TPSA) is 99.9 Å². The average molecular weight is 316 g/mol. The first kappa shape index (κ1) is 14.4. The van der Waals surface area contributed by atoms with Crippen LogP contribution in [0.2, 0.25) is 0 Å². The van der Waals surface area contributed by atoms with Gasteiger partial charge >= 0.3 is 5.97 Å². The van der Waals surface area contributed by atoms with Crippen LogP contribution in [0.25, 0.3) is 0 Å². The van der Waals surface area contributed by atoms with Crippen molar-refractivity contribution < 1.29 is 9.90 Å². The molecule has 2 atom stereocenters. The SMILES string of the molecule is O=C(O)C[C@@H]1CN(Cc2cncn2C2CC2)C[C@@H]1c1cn[nH]n1. The van der Waals surface area contributed by atoms with E-state index in [2.05, 4.69) is 29.9 Å². The van der Waals surface area contributed by atoms with Crippen molar-refractivity contribution in [2.45, 2.75) is 37.8 Å². The highest BCUT2D eigenvalue weighted by Gasteiger charge is 2.37. The van der Waals surface area contributed by atoms with Crippen LogP contribution in [-0.2, 0) is 11.3 Å². The number of likely N-dealkylation sites (tertiary alicyclic amines) is 1. The number of aromatic amines is 1. The summed E-state index contributed by atoms with van der Waals surface area (Å²) in [6.45, 7) is 2.38. The van der Waals surface area contributed by atoms with E-state index in [1.54, 1.807) is 6.20 Å². The molecule has 2 fully saturated rings. The quantitative estimate of drug-likeness (QED) is 0.825. The van der Waals surface area contributed by atoms with Crippen LogP contribution >= 0.6 is 0 Å². The Bertz CT molecular complexity index is 678. The third kappa shape index (κ3) is 2.98. The first-order valence-corrected chi connectivity index (χ1v) is 8.01. The van der Waals surface area contributed by atoms with Gasteiger partial charge in [-0.2, -0.15) is 15.4 Å². The molecule has 1 aliphatic heterocycles. The molecule has 3 heterocycles. The Kier molecular flexibility index (Phi) is 3.60. The van der Waals surface area contributed by atoms with Crippen molar-refractivity contribution in [1.29, 1.82) is 0 Å². The minimum absolute atomic E-state index is 0.0647. The lowest BCUT2D eigenvalue weighted by Crippen LogP contribution is -2.22. The largest absolute Gasteiger partial charge is 0.481 e. The Balaban J connectivity index is 1.49. The molecule has 8 heteroatoms. The molecule has 0 unspecified atom stereocenters. The molecule has 4 rings (SSSR count). The lowest BCUT2D eigenvalue weighted by Gasteiger charge is -2.16. The summed E-state index contributed by atoms with van der Waals surface area (Å²) in [6, 6.07) is 0.608. The van der Waals surface area contributed by atoms with Gasteiger partial charge in [0.15, 0.2) is 0 Å². The van der Waals surface area contributed by atoms with Crippen molar-refractivity contribution in [3.8, 4) is 0 Å². The summed E-state index contributed by atoms with van der Waals surface area (Å²) in [5, 5.41) is 19.9. The summed E-state index contributed by atoms with van der Waals surface area (Å²) in [7, 11) is 0. The van der Waals surface area contributed by atoms with Crippen molar-refractivity contribution in [3.05, 3.63) is 30.1 Å². The molecule has 0 radical (unpaired) electrons. The van der Waals surface area contributed by atoms with Crippen LogP contribution in [0.4, 0.5) is 0 Å². The minimum Gasteiger partial charge on any atom is -0.481 e. The van der Waals surface area contributed by atoms with E-state index in [0.717, 1.165) is 25.3 Å². The maximum absolute atomic E-state index is 11.2. The second-order valence-corrected chi connectivity index (χ2v) is 6.58. The summed E-state index contributed by atoms with van der Waals surface area (Å²) in [5.41, 5.74) is 2.07. The molecule has 2 N–H and O–H groups in total. The van der Waals surface area contributed by atoms with Crippen LogP contribution in [0.15, 0.2) is 18.7 Å². The zero-order valence-corrected chi connectivity index (χ0v) is 12.8. The fraction of sp³-hybridized carbons (Fsp3) is 0.600. The monoisotopic (exact) mass is 316 g/mol. The molecular formula is C15H20N6O2. The van der Waals surface area contributed by atoms with Gasteiger partial charge in [0.05, 0.1) is 30.3 Å². The van der Waals surface area contributed by atoms with E-state index >= 15 is 0 Å². The summed E-state index contributed by atoms with van der Waals surface area (Å²) in [5.74, 6) is -0.578. The summed E-state index contributed by atoms with van der Waals surface area (Å²) in [6.07, 6.45) is 8.16. The Hall–Kier alpha value is -2.22. The van der Waals surface area contributed by atoms with E-state index in [1.807, 2.05) is 12.5 Å². The van der Waals surface area contributed by atoms with Gasteiger partial charge in [-0.25, -0.2) is 4.98 Å². The van der Waals surface area contributed by atoms with Gasteiger partial charge in [-0.3, -0.25) is 9.69 Å². The fourth-order valence-electron chi connectivity index (χ4n) is 3.61.